The molecule has 0 aliphatic heterocycles. The lowest BCUT2D eigenvalue weighted by Gasteiger charge is -1.95. The van der Waals surface area contributed by atoms with Crippen LogP contribution >= 0.6 is 11.6 Å². The molecule has 0 amide bonds. The summed E-state index contributed by atoms with van der Waals surface area (Å²) in [5.41, 5.74) is 1.54. The zero-order valence-corrected chi connectivity index (χ0v) is 7.51. The van der Waals surface area contributed by atoms with Crippen molar-refractivity contribution < 1.29 is 4.79 Å². The lowest BCUT2D eigenvalue weighted by atomic mass is 10.1. The Morgan fingerprint density at radius 3 is 3.00 bits per heavy atom. The molecule has 0 heterocycles. The molecule has 0 N–H and O–H groups in total. The second-order valence-corrected chi connectivity index (χ2v) is 3.49. The van der Waals surface area contributed by atoms with Gasteiger partial charge in [-0.15, -0.1) is 0 Å². The van der Waals surface area contributed by atoms with Crippen LogP contribution in [-0.4, -0.2) is 5.78 Å². The minimum Gasteiger partial charge on any atom is -0.293 e. The van der Waals surface area contributed by atoms with E-state index >= 15 is 0 Å². The van der Waals surface area contributed by atoms with Crippen molar-refractivity contribution in [2.75, 3.05) is 0 Å². The smallest absolute Gasteiger partial charge is 0.180 e. The third kappa shape index (κ3) is 1.22. The molecule has 0 spiro atoms. The van der Waals surface area contributed by atoms with E-state index < -0.39 is 5.92 Å². The Morgan fingerprint density at radius 1 is 1.54 bits per heavy atom. The number of halogens is 1. The number of rotatable bonds is 0. The molecule has 1 atom stereocenters. The summed E-state index contributed by atoms with van der Waals surface area (Å²) < 4.78 is 0. The van der Waals surface area contributed by atoms with Gasteiger partial charge in [0.1, 0.15) is 5.92 Å². The van der Waals surface area contributed by atoms with Crippen LogP contribution in [0.4, 0.5) is 0 Å². The SMILES string of the molecule is N#CC1Cc2cc(Cl)ccc2C1=O. The maximum absolute atomic E-state index is 11.5. The van der Waals surface area contributed by atoms with Gasteiger partial charge in [-0.3, -0.25) is 4.79 Å². The van der Waals surface area contributed by atoms with Crippen molar-refractivity contribution in [2.24, 2.45) is 5.92 Å². The van der Waals surface area contributed by atoms with Crippen LogP contribution in [0.5, 0.6) is 0 Å². The standard InChI is InChI=1S/C10H6ClNO/c11-8-1-2-9-6(4-8)3-7(5-12)10(9)13/h1-2,4,7H,3H2. The van der Waals surface area contributed by atoms with Crippen molar-refractivity contribution in [3.8, 4) is 6.07 Å². The molecule has 0 aromatic heterocycles. The molecule has 1 aliphatic carbocycles. The molecule has 1 aromatic carbocycles. The van der Waals surface area contributed by atoms with Crippen LogP contribution in [0.15, 0.2) is 18.2 Å². The van der Waals surface area contributed by atoms with Crippen molar-refractivity contribution in [1.82, 2.24) is 0 Å². The molecule has 3 heteroatoms. The van der Waals surface area contributed by atoms with E-state index in [1.165, 1.54) is 0 Å². The van der Waals surface area contributed by atoms with E-state index in [1.54, 1.807) is 18.2 Å². The Balaban J connectivity index is 2.51. The molecule has 13 heavy (non-hydrogen) atoms. The molecule has 0 fully saturated rings. The van der Waals surface area contributed by atoms with E-state index in [1.807, 2.05) is 6.07 Å². The predicted molar refractivity (Wildman–Crippen MR) is 48.6 cm³/mol. The summed E-state index contributed by atoms with van der Waals surface area (Å²) in [6, 6.07) is 7.11. The van der Waals surface area contributed by atoms with E-state index in [2.05, 4.69) is 0 Å². The van der Waals surface area contributed by atoms with Crippen LogP contribution in [0.1, 0.15) is 15.9 Å². The van der Waals surface area contributed by atoms with Gasteiger partial charge in [-0.1, -0.05) is 11.6 Å². The average molecular weight is 192 g/mol. The van der Waals surface area contributed by atoms with E-state index in [0.29, 0.717) is 17.0 Å². The molecule has 1 aliphatic rings. The number of ketones is 1. The van der Waals surface area contributed by atoms with Crippen molar-refractivity contribution in [3.63, 3.8) is 0 Å². The van der Waals surface area contributed by atoms with Crippen molar-refractivity contribution in [3.05, 3.63) is 34.3 Å². The first-order valence-corrected chi connectivity index (χ1v) is 4.32. The van der Waals surface area contributed by atoms with Gasteiger partial charge in [0, 0.05) is 10.6 Å². The van der Waals surface area contributed by atoms with Gasteiger partial charge < -0.3 is 0 Å². The Morgan fingerprint density at radius 2 is 2.31 bits per heavy atom. The highest BCUT2D eigenvalue weighted by atomic mass is 35.5. The summed E-state index contributed by atoms with van der Waals surface area (Å²) in [4.78, 5) is 11.5. The highest BCUT2D eigenvalue weighted by molar-refractivity contribution is 6.30. The number of benzene rings is 1. The maximum atomic E-state index is 11.5. The van der Waals surface area contributed by atoms with Crippen LogP contribution < -0.4 is 0 Å². The normalized spacial score (nSPS) is 19.7. The monoisotopic (exact) mass is 191 g/mol. The number of fused-ring (bicyclic) bond motifs is 1. The van der Waals surface area contributed by atoms with Crippen LogP contribution in [0, 0.1) is 17.2 Å². The van der Waals surface area contributed by atoms with E-state index in [-0.39, 0.29) is 5.78 Å². The lowest BCUT2D eigenvalue weighted by molar-refractivity contribution is 0.0963. The van der Waals surface area contributed by atoms with Crippen molar-refractivity contribution in [1.29, 1.82) is 5.26 Å². The molecule has 0 saturated heterocycles. The Labute approximate surface area is 80.7 Å². The molecular formula is C10H6ClNO. The molecule has 2 rings (SSSR count). The summed E-state index contributed by atoms with van der Waals surface area (Å²) in [6.45, 7) is 0. The first-order chi connectivity index (χ1) is 6.22. The lowest BCUT2D eigenvalue weighted by Crippen LogP contribution is -2.05. The summed E-state index contributed by atoms with van der Waals surface area (Å²) >= 11 is 5.77. The number of hydrogen-bond donors (Lipinski definition) is 0. The summed E-state index contributed by atoms with van der Waals surface area (Å²) in [5.74, 6) is -0.581. The maximum Gasteiger partial charge on any atom is 0.180 e. The number of Topliss-reactive ketones (excluding diaryl/α,β-unsaturated/α-hetero) is 1. The second-order valence-electron chi connectivity index (χ2n) is 3.05. The molecule has 0 saturated carbocycles. The molecule has 2 nitrogen and oxygen atoms in total. The number of carbonyl (C=O) groups excluding carboxylic acids is 1. The molecule has 1 aromatic rings. The fourth-order valence-corrected chi connectivity index (χ4v) is 1.77. The van der Waals surface area contributed by atoms with Gasteiger partial charge in [-0.2, -0.15) is 5.26 Å². The highest BCUT2D eigenvalue weighted by Crippen LogP contribution is 2.28. The fraction of sp³-hybridized carbons (Fsp3) is 0.200. The highest BCUT2D eigenvalue weighted by Gasteiger charge is 2.30. The summed E-state index contributed by atoms with van der Waals surface area (Å²) in [7, 11) is 0. The fourth-order valence-electron chi connectivity index (χ4n) is 1.58. The summed E-state index contributed by atoms with van der Waals surface area (Å²) in [5, 5.41) is 9.29. The topological polar surface area (TPSA) is 40.9 Å². The quantitative estimate of drug-likeness (QED) is 0.631. The first-order valence-electron chi connectivity index (χ1n) is 3.94. The largest absolute Gasteiger partial charge is 0.293 e. The van der Waals surface area contributed by atoms with Crippen LogP contribution in [-0.2, 0) is 6.42 Å². The van der Waals surface area contributed by atoms with Crippen molar-refractivity contribution in [2.45, 2.75) is 6.42 Å². The van der Waals surface area contributed by atoms with Crippen LogP contribution in [0.2, 0.25) is 5.02 Å². The third-order valence-corrected chi connectivity index (χ3v) is 2.46. The Kier molecular flexibility index (Phi) is 1.82. The first kappa shape index (κ1) is 8.28. The van der Waals surface area contributed by atoms with Gasteiger partial charge in [0.2, 0.25) is 0 Å². The Bertz CT molecular complexity index is 419. The minimum atomic E-state index is -0.506. The van der Waals surface area contributed by atoms with Crippen LogP contribution in [0.25, 0.3) is 0 Å². The zero-order chi connectivity index (χ0) is 9.42. The van der Waals surface area contributed by atoms with Gasteiger partial charge in [-0.25, -0.2) is 0 Å². The number of hydrogen-bond acceptors (Lipinski definition) is 2. The van der Waals surface area contributed by atoms with E-state index in [9.17, 15) is 4.79 Å². The number of nitrogens with zero attached hydrogens (tertiary/aromatic N) is 1. The Hall–Kier alpha value is -1.33. The van der Waals surface area contributed by atoms with Gasteiger partial charge in [0.25, 0.3) is 0 Å². The van der Waals surface area contributed by atoms with Gasteiger partial charge in [0.05, 0.1) is 6.07 Å². The second kappa shape index (κ2) is 2.86. The van der Waals surface area contributed by atoms with Gasteiger partial charge in [0.15, 0.2) is 5.78 Å². The zero-order valence-electron chi connectivity index (χ0n) is 6.75. The predicted octanol–water partition coefficient (Wildman–Crippen LogP) is 2.22. The van der Waals surface area contributed by atoms with Gasteiger partial charge >= 0.3 is 0 Å². The van der Waals surface area contributed by atoms with E-state index in [0.717, 1.165) is 5.56 Å². The third-order valence-electron chi connectivity index (χ3n) is 2.23. The molecular weight excluding hydrogens is 186 g/mol. The molecule has 0 bridgehead atoms. The number of carbonyl (C=O) groups is 1. The van der Waals surface area contributed by atoms with Crippen molar-refractivity contribution >= 4 is 17.4 Å². The summed E-state index contributed by atoms with van der Waals surface area (Å²) in [6.07, 6.45) is 0.505. The minimum absolute atomic E-state index is 0.0748. The molecule has 1 unspecified atom stereocenters. The molecule has 0 radical (unpaired) electrons. The van der Waals surface area contributed by atoms with Gasteiger partial charge in [-0.05, 0) is 30.2 Å². The van der Waals surface area contributed by atoms with E-state index in [4.69, 9.17) is 16.9 Å². The molecule has 64 valence electrons. The number of nitriles is 1. The average Bonchev–Trinajstić information content (AvgIpc) is 2.42. The van der Waals surface area contributed by atoms with Crippen LogP contribution in [0.3, 0.4) is 0 Å².